The molecule has 0 aliphatic carbocycles. The Balaban J connectivity index is 1.89. The molecule has 2 rings (SSSR count). The summed E-state index contributed by atoms with van der Waals surface area (Å²) in [7, 11) is 1.92. The van der Waals surface area contributed by atoms with Gasteiger partial charge in [-0.2, -0.15) is 5.10 Å². The Morgan fingerprint density at radius 3 is 2.64 bits per heavy atom. The van der Waals surface area contributed by atoms with Gasteiger partial charge < -0.3 is 5.32 Å². The number of nitrogens with zero attached hydrogens (tertiary/aromatic N) is 4. The van der Waals surface area contributed by atoms with Gasteiger partial charge >= 0.3 is 0 Å². The van der Waals surface area contributed by atoms with Crippen LogP contribution >= 0.6 is 11.3 Å². The van der Waals surface area contributed by atoms with Gasteiger partial charge in [-0.3, -0.25) is 9.48 Å². The SMILES string of the molecule is Cc1nn(C)c(C)c1CCC(=O)Nc1nnc(CC(C)C)s1. The van der Waals surface area contributed by atoms with Crippen molar-refractivity contribution in [3.63, 3.8) is 0 Å². The van der Waals surface area contributed by atoms with E-state index in [2.05, 4.69) is 34.5 Å². The van der Waals surface area contributed by atoms with Gasteiger partial charge in [-0.1, -0.05) is 25.2 Å². The van der Waals surface area contributed by atoms with Gasteiger partial charge in [0.25, 0.3) is 0 Å². The zero-order chi connectivity index (χ0) is 16.3. The lowest BCUT2D eigenvalue weighted by Gasteiger charge is -2.02. The summed E-state index contributed by atoms with van der Waals surface area (Å²) in [6, 6.07) is 0. The van der Waals surface area contributed by atoms with Crippen LogP contribution in [0, 0.1) is 19.8 Å². The van der Waals surface area contributed by atoms with Crippen LogP contribution in [0.1, 0.15) is 42.2 Å². The number of carbonyl (C=O) groups excluding carboxylic acids is 1. The minimum Gasteiger partial charge on any atom is -0.301 e. The summed E-state index contributed by atoms with van der Waals surface area (Å²) < 4.78 is 1.85. The fourth-order valence-corrected chi connectivity index (χ4v) is 3.30. The van der Waals surface area contributed by atoms with E-state index in [-0.39, 0.29) is 5.91 Å². The van der Waals surface area contributed by atoms with E-state index < -0.39 is 0 Å². The predicted octanol–water partition coefficient (Wildman–Crippen LogP) is 2.66. The summed E-state index contributed by atoms with van der Waals surface area (Å²) >= 11 is 1.45. The Labute approximate surface area is 135 Å². The van der Waals surface area contributed by atoms with Crippen LogP contribution in [0.15, 0.2) is 0 Å². The van der Waals surface area contributed by atoms with Crippen molar-refractivity contribution in [2.45, 2.75) is 47.0 Å². The molecule has 0 aliphatic rings. The van der Waals surface area contributed by atoms with Crippen LogP contribution in [-0.2, 0) is 24.7 Å². The van der Waals surface area contributed by atoms with Crippen molar-refractivity contribution in [3.05, 3.63) is 22.0 Å². The van der Waals surface area contributed by atoms with Crippen LogP contribution in [0.3, 0.4) is 0 Å². The monoisotopic (exact) mass is 321 g/mol. The van der Waals surface area contributed by atoms with Crippen LogP contribution in [0.2, 0.25) is 0 Å². The van der Waals surface area contributed by atoms with Crippen LogP contribution in [0.4, 0.5) is 5.13 Å². The second-order valence-electron chi connectivity index (χ2n) is 5.92. The summed E-state index contributed by atoms with van der Waals surface area (Å²) in [5.41, 5.74) is 3.25. The smallest absolute Gasteiger partial charge is 0.226 e. The van der Waals surface area contributed by atoms with Crippen molar-refractivity contribution in [2.75, 3.05) is 5.32 Å². The van der Waals surface area contributed by atoms with Crippen molar-refractivity contribution in [3.8, 4) is 0 Å². The van der Waals surface area contributed by atoms with Gasteiger partial charge in [-0.05, 0) is 31.7 Å². The van der Waals surface area contributed by atoms with Gasteiger partial charge in [-0.25, -0.2) is 0 Å². The Morgan fingerprint density at radius 1 is 1.32 bits per heavy atom. The molecule has 0 spiro atoms. The van der Waals surface area contributed by atoms with E-state index in [1.807, 2.05) is 25.6 Å². The number of hydrogen-bond acceptors (Lipinski definition) is 5. The maximum Gasteiger partial charge on any atom is 0.226 e. The van der Waals surface area contributed by atoms with Crippen LogP contribution in [-0.4, -0.2) is 25.9 Å². The van der Waals surface area contributed by atoms with E-state index in [0.717, 1.165) is 28.4 Å². The Morgan fingerprint density at radius 2 is 2.05 bits per heavy atom. The maximum absolute atomic E-state index is 12.0. The first-order valence-corrected chi connectivity index (χ1v) is 8.29. The van der Waals surface area contributed by atoms with E-state index in [1.54, 1.807) is 0 Å². The first kappa shape index (κ1) is 16.6. The van der Waals surface area contributed by atoms with Crippen LogP contribution in [0.5, 0.6) is 0 Å². The number of anilines is 1. The average Bonchev–Trinajstić information content (AvgIpc) is 2.93. The molecule has 1 N–H and O–H groups in total. The lowest BCUT2D eigenvalue weighted by atomic mass is 10.1. The van der Waals surface area contributed by atoms with Crippen LogP contribution < -0.4 is 5.32 Å². The van der Waals surface area contributed by atoms with Gasteiger partial charge in [0.05, 0.1) is 5.69 Å². The highest BCUT2D eigenvalue weighted by Gasteiger charge is 2.13. The molecule has 2 aromatic rings. The first-order chi connectivity index (χ1) is 10.4. The summed E-state index contributed by atoms with van der Waals surface area (Å²) in [6.07, 6.45) is 2.00. The molecule has 2 heterocycles. The molecule has 2 aromatic heterocycles. The number of hydrogen-bond donors (Lipinski definition) is 1. The number of aromatic nitrogens is 4. The third kappa shape index (κ3) is 4.13. The van der Waals surface area contributed by atoms with Gasteiger partial charge in [0, 0.05) is 25.6 Å². The highest BCUT2D eigenvalue weighted by Crippen LogP contribution is 2.19. The quantitative estimate of drug-likeness (QED) is 0.888. The molecule has 0 aliphatic heterocycles. The van der Waals surface area contributed by atoms with E-state index in [1.165, 1.54) is 11.3 Å². The Kier molecular flexibility index (Phi) is 5.28. The zero-order valence-electron chi connectivity index (χ0n) is 13.8. The van der Waals surface area contributed by atoms with Crippen molar-refractivity contribution >= 4 is 22.4 Å². The molecule has 6 nitrogen and oxygen atoms in total. The Hall–Kier alpha value is -1.76. The van der Waals surface area contributed by atoms with Gasteiger partial charge in [-0.15, -0.1) is 10.2 Å². The second-order valence-corrected chi connectivity index (χ2v) is 6.98. The molecule has 0 saturated carbocycles. The van der Waals surface area contributed by atoms with Gasteiger partial charge in [0.1, 0.15) is 5.01 Å². The number of rotatable bonds is 6. The second kappa shape index (κ2) is 7.00. The topological polar surface area (TPSA) is 72.7 Å². The third-order valence-corrected chi connectivity index (χ3v) is 4.42. The largest absolute Gasteiger partial charge is 0.301 e. The number of aryl methyl sites for hydroxylation is 2. The third-order valence-electron chi connectivity index (χ3n) is 3.56. The summed E-state index contributed by atoms with van der Waals surface area (Å²) in [4.78, 5) is 12.0. The fraction of sp³-hybridized carbons (Fsp3) is 0.600. The van der Waals surface area contributed by atoms with Crippen molar-refractivity contribution in [1.29, 1.82) is 0 Å². The minimum atomic E-state index is -0.0325. The number of nitrogens with one attached hydrogen (secondary N) is 1. The van der Waals surface area contributed by atoms with E-state index in [0.29, 0.717) is 23.9 Å². The van der Waals surface area contributed by atoms with Gasteiger partial charge in [0.15, 0.2) is 0 Å². The molecule has 22 heavy (non-hydrogen) atoms. The maximum atomic E-state index is 12.0. The molecule has 0 bridgehead atoms. The highest BCUT2D eigenvalue weighted by molar-refractivity contribution is 7.15. The molecule has 120 valence electrons. The first-order valence-electron chi connectivity index (χ1n) is 7.48. The Bertz CT molecular complexity index is 659. The van der Waals surface area contributed by atoms with E-state index in [4.69, 9.17) is 0 Å². The molecule has 0 aromatic carbocycles. The lowest BCUT2D eigenvalue weighted by molar-refractivity contribution is -0.116. The zero-order valence-corrected chi connectivity index (χ0v) is 14.6. The predicted molar refractivity (Wildman–Crippen MR) is 88.1 cm³/mol. The fourth-order valence-electron chi connectivity index (χ4n) is 2.34. The van der Waals surface area contributed by atoms with Gasteiger partial charge in [0.2, 0.25) is 11.0 Å². The molecule has 0 fully saturated rings. The summed E-state index contributed by atoms with van der Waals surface area (Å²) in [5.74, 6) is 0.503. The molecule has 1 amide bonds. The lowest BCUT2D eigenvalue weighted by Crippen LogP contribution is -2.12. The molecular weight excluding hydrogens is 298 g/mol. The van der Waals surface area contributed by atoms with Crippen molar-refractivity contribution in [1.82, 2.24) is 20.0 Å². The summed E-state index contributed by atoms with van der Waals surface area (Å²) in [6.45, 7) is 8.27. The molecule has 0 unspecified atom stereocenters. The standard InChI is InChI=1S/C15H23N5OS/c1-9(2)8-14-17-18-15(22-14)16-13(21)7-6-12-10(3)19-20(5)11(12)4/h9H,6-8H2,1-5H3,(H,16,18,21). The number of carbonyl (C=O) groups is 1. The molecule has 0 atom stereocenters. The molecule has 7 heteroatoms. The normalized spacial score (nSPS) is 11.2. The average molecular weight is 321 g/mol. The minimum absolute atomic E-state index is 0.0325. The summed E-state index contributed by atoms with van der Waals surface area (Å²) in [5, 5.41) is 16.9. The molecular formula is C15H23N5OS. The molecule has 0 radical (unpaired) electrons. The van der Waals surface area contributed by atoms with Crippen molar-refractivity contribution < 1.29 is 4.79 Å². The van der Waals surface area contributed by atoms with Crippen LogP contribution in [0.25, 0.3) is 0 Å². The van der Waals surface area contributed by atoms with E-state index >= 15 is 0 Å². The highest BCUT2D eigenvalue weighted by atomic mass is 32.1. The van der Waals surface area contributed by atoms with E-state index in [9.17, 15) is 4.79 Å². The number of amides is 1. The van der Waals surface area contributed by atoms with Crippen molar-refractivity contribution in [2.24, 2.45) is 13.0 Å². The molecule has 0 saturated heterocycles.